The van der Waals surface area contributed by atoms with E-state index in [4.69, 9.17) is 4.98 Å². The summed E-state index contributed by atoms with van der Waals surface area (Å²) in [7, 11) is 0. The number of hydrogen-bond acceptors (Lipinski definition) is 2. The van der Waals surface area contributed by atoms with E-state index in [0.29, 0.717) is 30.6 Å². The SMILES string of the molecule is O=c1[nH]c2c(C3C4CC5CC3CC(F)(C5)C4)nc3[nH]ccc3c2[nH]1. The number of H-pyrrole nitrogens is 3. The first kappa shape index (κ1) is 13.2. The maximum atomic E-state index is 15.0. The number of hydrogen-bond donors (Lipinski definition) is 3. The van der Waals surface area contributed by atoms with Crippen LogP contribution < -0.4 is 5.69 Å². The third-order valence-corrected chi connectivity index (χ3v) is 6.72. The minimum atomic E-state index is -0.950. The van der Waals surface area contributed by atoms with Crippen molar-refractivity contribution in [1.29, 1.82) is 0 Å². The van der Waals surface area contributed by atoms with Crippen LogP contribution >= 0.6 is 0 Å². The van der Waals surface area contributed by atoms with E-state index in [-0.39, 0.29) is 11.6 Å². The third-order valence-electron chi connectivity index (χ3n) is 6.72. The molecule has 7 rings (SSSR count). The summed E-state index contributed by atoms with van der Waals surface area (Å²) in [6.07, 6.45) is 6.13. The second-order valence-electron chi connectivity index (χ2n) is 8.21. The molecule has 2 unspecified atom stereocenters. The normalized spacial score (nSPS) is 37.7. The Balaban J connectivity index is 1.60. The van der Waals surface area contributed by atoms with E-state index >= 15 is 4.39 Å². The van der Waals surface area contributed by atoms with E-state index in [0.717, 1.165) is 47.0 Å². The van der Waals surface area contributed by atoms with Gasteiger partial charge in [0.2, 0.25) is 0 Å². The lowest BCUT2D eigenvalue weighted by molar-refractivity contribution is -0.0874. The number of pyridine rings is 1. The highest BCUT2D eigenvalue weighted by atomic mass is 19.1. The van der Waals surface area contributed by atoms with Crippen molar-refractivity contribution in [1.82, 2.24) is 19.9 Å². The summed E-state index contributed by atoms with van der Waals surface area (Å²) in [4.78, 5) is 25.8. The minimum absolute atomic E-state index is 0.201. The standard InChI is InChI=1S/C18H19FN4O/c19-18-5-8-3-9(6-18)12(10(4-8)7-18)14-15-13(22-17(24)23-15)11-1-2-20-16(11)21-14/h1-2,8-10,12H,3-7H2,(H,20,21)(H2,22,23,24). The molecule has 4 bridgehead atoms. The second kappa shape index (κ2) is 4.10. The fourth-order valence-electron chi connectivity index (χ4n) is 6.22. The summed E-state index contributed by atoms with van der Waals surface area (Å²) in [5, 5.41) is 0.929. The van der Waals surface area contributed by atoms with Crippen molar-refractivity contribution >= 4 is 22.1 Å². The molecule has 0 radical (unpaired) electrons. The molecule has 3 aromatic rings. The van der Waals surface area contributed by atoms with Gasteiger partial charge in [0, 0.05) is 17.5 Å². The molecule has 4 aliphatic carbocycles. The zero-order valence-electron chi connectivity index (χ0n) is 13.2. The van der Waals surface area contributed by atoms with Crippen molar-refractivity contribution in [2.45, 2.75) is 43.7 Å². The number of aromatic nitrogens is 4. The highest BCUT2D eigenvalue weighted by molar-refractivity contribution is 6.01. The van der Waals surface area contributed by atoms with Crippen molar-refractivity contribution in [3.8, 4) is 0 Å². The van der Waals surface area contributed by atoms with Gasteiger partial charge in [0.1, 0.15) is 11.3 Å². The molecule has 0 spiro atoms. The smallest absolute Gasteiger partial charge is 0.323 e. The molecule has 0 aliphatic heterocycles. The Hall–Kier alpha value is -2.11. The minimum Gasteiger partial charge on any atom is -0.346 e. The number of halogens is 1. The van der Waals surface area contributed by atoms with E-state index in [1.165, 1.54) is 0 Å². The summed E-state index contributed by atoms with van der Waals surface area (Å²) in [5.74, 6) is 1.50. The molecule has 5 nitrogen and oxygen atoms in total. The molecule has 3 heterocycles. The van der Waals surface area contributed by atoms with E-state index in [2.05, 4.69) is 15.0 Å². The van der Waals surface area contributed by atoms with Crippen LogP contribution in [0.25, 0.3) is 22.1 Å². The van der Waals surface area contributed by atoms with Gasteiger partial charge in [0.05, 0.1) is 16.7 Å². The Labute approximate surface area is 137 Å². The summed E-state index contributed by atoms with van der Waals surface area (Å²) in [6.45, 7) is 0. The van der Waals surface area contributed by atoms with Gasteiger partial charge in [-0.1, -0.05) is 0 Å². The van der Waals surface area contributed by atoms with Crippen LogP contribution in [-0.4, -0.2) is 25.6 Å². The Bertz CT molecular complexity index is 1010. The summed E-state index contributed by atoms with van der Waals surface area (Å²) in [6, 6.07) is 1.94. The zero-order valence-corrected chi connectivity index (χ0v) is 13.2. The van der Waals surface area contributed by atoms with Gasteiger partial charge in [-0.05, 0) is 55.9 Å². The molecular weight excluding hydrogens is 307 g/mol. The largest absolute Gasteiger partial charge is 0.346 e. The lowest BCUT2D eigenvalue weighted by Gasteiger charge is -2.56. The number of fused-ring (bicyclic) bond motifs is 3. The van der Waals surface area contributed by atoms with Gasteiger partial charge in [-0.3, -0.25) is 0 Å². The number of aromatic amines is 3. The van der Waals surface area contributed by atoms with Gasteiger partial charge in [-0.15, -0.1) is 0 Å². The lowest BCUT2D eigenvalue weighted by Crippen LogP contribution is -2.51. The van der Waals surface area contributed by atoms with Crippen molar-refractivity contribution in [3.63, 3.8) is 0 Å². The average Bonchev–Trinajstić information content (AvgIpc) is 3.10. The molecule has 0 amide bonds. The maximum absolute atomic E-state index is 15.0. The molecule has 2 atom stereocenters. The molecule has 124 valence electrons. The number of rotatable bonds is 1. The molecule has 6 heteroatoms. The highest BCUT2D eigenvalue weighted by Gasteiger charge is 2.56. The quantitative estimate of drug-likeness (QED) is 0.641. The summed E-state index contributed by atoms with van der Waals surface area (Å²) in [5.41, 5.74) is 2.25. The first-order chi connectivity index (χ1) is 11.6. The molecule has 4 aliphatic rings. The van der Waals surface area contributed by atoms with Gasteiger partial charge in [-0.25, -0.2) is 14.2 Å². The van der Waals surface area contributed by atoms with Crippen LogP contribution in [0, 0.1) is 17.8 Å². The number of nitrogens with zero attached hydrogens (tertiary/aromatic N) is 1. The van der Waals surface area contributed by atoms with Crippen LogP contribution in [-0.2, 0) is 0 Å². The molecule has 4 saturated carbocycles. The van der Waals surface area contributed by atoms with Gasteiger partial charge in [-0.2, -0.15) is 0 Å². The molecule has 3 aromatic heterocycles. The Morgan fingerprint density at radius 2 is 1.88 bits per heavy atom. The van der Waals surface area contributed by atoms with Crippen molar-refractivity contribution in [2.75, 3.05) is 0 Å². The predicted molar refractivity (Wildman–Crippen MR) is 88.7 cm³/mol. The van der Waals surface area contributed by atoms with Crippen LogP contribution in [0.2, 0.25) is 0 Å². The van der Waals surface area contributed by atoms with Crippen LogP contribution in [0.4, 0.5) is 4.39 Å². The van der Waals surface area contributed by atoms with Crippen molar-refractivity contribution in [3.05, 3.63) is 28.4 Å². The number of alkyl halides is 1. The highest BCUT2D eigenvalue weighted by Crippen LogP contribution is 2.62. The third kappa shape index (κ3) is 1.59. The summed E-state index contributed by atoms with van der Waals surface area (Å²) < 4.78 is 15.0. The Morgan fingerprint density at radius 1 is 1.12 bits per heavy atom. The van der Waals surface area contributed by atoms with Crippen molar-refractivity contribution in [2.24, 2.45) is 17.8 Å². The van der Waals surface area contributed by atoms with E-state index in [1.54, 1.807) is 0 Å². The second-order valence-corrected chi connectivity index (χ2v) is 8.21. The monoisotopic (exact) mass is 326 g/mol. The first-order valence-corrected chi connectivity index (χ1v) is 8.87. The molecule has 4 fully saturated rings. The van der Waals surface area contributed by atoms with Gasteiger partial charge in [0.15, 0.2) is 0 Å². The number of imidazole rings is 1. The first-order valence-electron chi connectivity index (χ1n) is 8.87. The Morgan fingerprint density at radius 3 is 2.62 bits per heavy atom. The van der Waals surface area contributed by atoms with Gasteiger partial charge < -0.3 is 15.0 Å². The van der Waals surface area contributed by atoms with E-state index < -0.39 is 5.67 Å². The fraction of sp³-hybridized carbons (Fsp3) is 0.556. The van der Waals surface area contributed by atoms with Crippen molar-refractivity contribution < 1.29 is 4.39 Å². The summed E-state index contributed by atoms with van der Waals surface area (Å²) >= 11 is 0. The van der Waals surface area contributed by atoms with Gasteiger partial charge >= 0.3 is 5.69 Å². The van der Waals surface area contributed by atoms with Gasteiger partial charge in [0.25, 0.3) is 0 Å². The molecule has 3 N–H and O–H groups in total. The molecular formula is C18H19FN4O. The average molecular weight is 326 g/mol. The lowest BCUT2D eigenvalue weighted by atomic mass is 9.50. The predicted octanol–water partition coefficient (Wildman–Crippen LogP) is 3.36. The maximum Gasteiger partial charge on any atom is 0.323 e. The van der Waals surface area contributed by atoms with E-state index in [1.807, 2.05) is 12.3 Å². The van der Waals surface area contributed by atoms with Crippen LogP contribution in [0.5, 0.6) is 0 Å². The molecule has 24 heavy (non-hydrogen) atoms. The van der Waals surface area contributed by atoms with Crippen LogP contribution in [0.1, 0.15) is 43.7 Å². The molecule has 0 aromatic carbocycles. The fourth-order valence-corrected chi connectivity index (χ4v) is 6.22. The Kier molecular flexibility index (Phi) is 2.26. The molecule has 0 saturated heterocycles. The van der Waals surface area contributed by atoms with Crippen LogP contribution in [0.15, 0.2) is 17.1 Å². The number of nitrogens with one attached hydrogen (secondary N) is 3. The van der Waals surface area contributed by atoms with E-state index in [9.17, 15) is 4.79 Å². The zero-order chi connectivity index (χ0) is 16.1. The topological polar surface area (TPSA) is 77.3 Å². The van der Waals surface area contributed by atoms with Crippen LogP contribution in [0.3, 0.4) is 0 Å².